The number of benzene rings is 2. The molecule has 0 radical (unpaired) electrons. The van der Waals surface area contributed by atoms with Gasteiger partial charge in [0.25, 0.3) is 0 Å². The summed E-state index contributed by atoms with van der Waals surface area (Å²) in [6.07, 6.45) is -0.955. The van der Waals surface area contributed by atoms with Crippen molar-refractivity contribution in [1.29, 1.82) is 0 Å². The maximum Gasteiger partial charge on any atom is 0.165 e. The van der Waals surface area contributed by atoms with Gasteiger partial charge >= 0.3 is 0 Å². The van der Waals surface area contributed by atoms with E-state index in [9.17, 15) is 18.3 Å². The number of halogens is 3. The second kappa shape index (κ2) is 5.96. The molecule has 0 spiro atoms. The van der Waals surface area contributed by atoms with Crippen LogP contribution in [0.1, 0.15) is 17.2 Å². The van der Waals surface area contributed by atoms with E-state index in [2.05, 4.69) is 0 Å². The highest BCUT2D eigenvalue weighted by atomic mass is 19.2. The van der Waals surface area contributed by atoms with Crippen LogP contribution in [-0.2, 0) is 6.42 Å². The molecular weight excluding hydrogens is 269 g/mol. The predicted octanol–water partition coefficient (Wildman–Crippen LogP) is 3.39. The lowest BCUT2D eigenvalue weighted by Gasteiger charge is -2.12. The number of aliphatic hydroxyl groups is 1. The zero-order valence-corrected chi connectivity index (χ0v) is 10.7. The first-order valence-electron chi connectivity index (χ1n) is 5.96. The molecule has 0 heterocycles. The number of ether oxygens (including phenoxy) is 1. The summed E-state index contributed by atoms with van der Waals surface area (Å²) < 4.78 is 44.2. The van der Waals surface area contributed by atoms with Gasteiger partial charge in [-0.15, -0.1) is 0 Å². The third kappa shape index (κ3) is 3.11. The van der Waals surface area contributed by atoms with Crippen molar-refractivity contribution >= 4 is 0 Å². The summed E-state index contributed by atoms with van der Waals surface area (Å²) in [6, 6.07) is 7.46. The van der Waals surface area contributed by atoms with E-state index in [1.54, 1.807) is 0 Å². The van der Waals surface area contributed by atoms with E-state index >= 15 is 0 Å². The molecule has 1 atom stereocenters. The molecule has 1 N–H and O–H groups in total. The highest BCUT2D eigenvalue weighted by Crippen LogP contribution is 2.24. The van der Waals surface area contributed by atoms with Crippen molar-refractivity contribution in [2.75, 3.05) is 7.11 Å². The van der Waals surface area contributed by atoms with Crippen molar-refractivity contribution < 1.29 is 23.0 Å². The molecule has 1 unspecified atom stereocenters. The van der Waals surface area contributed by atoms with Gasteiger partial charge < -0.3 is 9.84 Å². The van der Waals surface area contributed by atoms with Gasteiger partial charge in [-0.3, -0.25) is 0 Å². The first-order valence-corrected chi connectivity index (χ1v) is 5.96. The average molecular weight is 282 g/mol. The smallest absolute Gasteiger partial charge is 0.165 e. The summed E-state index contributed by atoms with van der Waals surface area (Å²) in [5.41, 5.74) is 0.764. The molecule has 0 bridgehead atoms. The molecular formula is C15H13F3O2. The van der Waals surface area contributed by atoms with Crippen LogP contribution in [-0.4, -0.2) is 12.2 Å². The number of rotatable bonds is 4. The number of hydrogen-bond acceptors (Lipinski definition) is 2. The predicted molar refractivity (Wildman–Crippen MR) is 68.0 cm³/mol. The Kier molecular flexibility index (Phi) is 4.29. The van der Waals surface area contributed by atoms with E-state index < -0.39 is 23.6 Å². The van der Waals surface area contributed by atoms with Gasteiger partial charge in [0.05, 0.1) is 13.2 Å². The molecule has 0 fully saturated rings. The fourth-order valence-corrected chi connectivity index (χ4v) is 1.90. The maximum atomic E-state index is 13.5. The standard InChI is InChI=1S/C15H13F3O2/c1-20-15-5-3-10(8-13(15)18)14(19)7-9-2-4-11(16)12(17)6-9/h2-6,8,14,19H,7H2,1H3. The molecule has 5 heteroatoms. The monoisotopic (exact) mass is 282 g/mol. The van der Waals surface area contributed by atoms with E-state index in [1.807, 2.05) is 0 Å². The largest absolute Gasteiger partial charge is 0.494 e. The summed E-state index contributed by atoms with van der Waals surface area (Å²) >= 11 is 0. The number of aliphatic hydroxyl groups excluding tert-OH is 1. The van der Waals surface area contributed by atoms with Crippen LogP contribution < -0.4 is 4.74 Å². The van der Waals surface area contributed by atoms with Crippen LogP contribution in [0.25, 0.3) is 0 Å². The molecule has 0 aliphatic rings. The highest BCUT2D eigenvalue weighted by Gasteiger charge is 2.13. The Labute approximate surface area is 114 Å². The third-order valence-electron chi connectivity index (χ3n) is 2.97. The normalized spacial score (nSPS) is 12.2. The van der Waals surface area contributed by atoms with E-state index in [4.69, 9.17) is 4.74 Å². The molecule has 2 aromatic rings. The van der Waals surface area contributed by atoms with Crippen molar-refractivity contribution in [3.63, 3.8) is 0 Å². The number of hydrogen-bond donors (Lipinski definition) is 1. The van der Waals surface area contributed by atoms with Crippen LogP contribution >= 0.6 is 0 Å². The second-order valence-corrected chi connectivity index (χ2v) is 4.36. The Bertz CT molecular complexity index is 614. The minimum Gasteiger partial charge on any atom is -0.494 e. The Morgan fingerprint density at radius 3 is 2.35 bits per heavy atom. The lowest BCUT2D eigenvalue weighted by atomic mass is 10.0. The lowest BCUT2D eigenvalue weighted by molar-refractivity contribution is 0.177. The molecule has 2 nitrogen and oxygen atoms in total. The number of methoxy groups -OCH3 is 1. The molecule has 0 aliphatic carbocycles. The van der Waals surface area contributed by atoms with E-state index in [-0.39, 0.29) is 12.2 Å². The zero-order chi connectivity index (χ0) is 14.7. The highest BCUT2D eigenvalue weighted by molar-refractivity contribution is 5.31. The van der Waals surface area contributed by atoms with Crippen molar-refractivity contribution in [3.05, 3.63) is 65.0 Å². The summed E-state index contributed by atoms with van der Waals surface area (Å²) in [5, 5.41) is 10.00. The quantitative estimate of drug-likeness (QED) is 0.931. The third-order valence-corrected chi connectivity index (χ3v) is 2.97. The van der Waals surface area contributed by atoms with Crippen LogP contribution in [0.15, 0.2) is 36.4 Å². The first kappa shape index (κ1) is 14.4. The van der Waals surface area contributed by atoms with Crippen LogP contribution in [0.4, 0.5) is 13.2 Å². The van der Waals surface area contributed by atoms with Crippen molar-refractivity contribution in [2.24, 2.45) is 0 Å². The molecule has 0 aromatic heterocycles. The zero-order valence-electron chi connectivity index (χ0n) is 10.7. The fraction of sp³-hybridized carbons (Fsp3) is 0.200. The van der Waals surface area contributed by atoms with Gasteiger partial charge in [-0.25, -0.2) is 13.2 Å². The molecule has 0 saturated carbocycles. The summed E-state index contributed by atoms with van der Waals surface area (Å²) in [4.78, 5) is 0. The SMILES string of the molecule is COc1ccc(C(O)Cc2ccc(F)c(F)c2)cc1F. The van der Waals surface area contributed by atoms with Crippen LogP contribution in [0, 0.1) is 17.5 Å². The van der Waals surface area contributed by atoms with E-state index in [0.717, 1.165) is 18.2 Å². The summed E-state index contributed by atoms with van der Waals surface area (Å²) in [5.74, 6) is -2.43. The van der Waals surface area contributed by atoms with Gasteiger partial charge in [0.1, 0.15) is 0 Å². The van der Waals surface area contributed by atoms with Crippen molar-refractivity contribution in [2.45, 2.75) is 12.5 Å². The molecule has 0 aliphatic heterocycles. The Morgan fingerprint density at radius 1 is 1.00 bits per heavy atom. The van der Waals surface area contributed by atoms with Gasteiger partial charge in [0.15, 0.2) is 23.2 Å². The average Bonchev–Trinajstić information content (AvgIpc) is 2.42. The second-order valence-electron chi connectivity index (χ2n) is 4.36. The Balaban J connectivity index is 2.17. The summed E-state index contributed by atoms with van der Waals surface area (Å²) in [7, 11) is 1.34. The molecule has 106 valence electrons. The van der Waals surface area contributed by atoms with Crippen LogP contribution in [0.5, 0.6) is 5.75 Å². The van der Waals surface area contributed by atoms with Gasteiger partial charge in [0.2, 0.25) is 0 Å². The Hall–Kier alpha value is -2.01. The fourth-order valence-electron chi connectivity index (χ4n) is 1.90. The van der Waals surface area contributed by atoms with Gasteiger partial charge in [-0.2, -0.15) is 0 Å². The molecule has 0 saturated heterocycles. The first-order chi connectivity index (χ1) is 9.51. The molecule has 2 rings (SSSR count). The minimum absolute atomic E-state index is 0.0585. The van der Waals surface area contributed by atoms with Crippen LogP contribution in [0.2, 0.25) is 0 Å². The van der Waals surface area contributed by atoms with Gasteiger partial charge in [-0.05, 0) is 35.4 Å². The maximum absolute atomic E-state index is 13.5. The Morgan fingerprint density at radius 2 is 1.75 bits per heavy atom. The van der Waals surface area contributed by atoms with Gasteiger partial charge in [0, 0.05) is 6.42 Å². The minimum atomic E-state index is -1.01. The van der Waals surface area contributed by atoms with Crippen molar-refractivity contribution in [1.82, 2.24) is 0 Å². The van der Waals surface area contributed by atoms with Gasteiger partial charge in [-0.1, -0.05) is 12.1 Å². The molecule has 0 amide bonds. The van der Waals surface area contributed by atoms with Crippen LogP contribution in [0.3, 0.4) is 0 Å². The van der Waals surface area contributed by atoms with Crippen molar-refractivity contribution in [3.8, 4) is 5.75 Å². The topological polar surface area (TPSA) is 29.5 Å². The molecule has 20 heavy (non-hydrogen) atoms. The van der Waals surface area contributed by atoms with E-state index in [0.29, 0.717) is 11.1 Å². The van der Waals surface area contributed by atoms with E-state index in [1.165, 1.54) is 25.3 Å². The lowest BCUT2D eigenvalue weighted by Crippen LogP contribution is -2.03. The molecule has 2 aromatic carbocycles. The summed E-state index contributed by atoms with van der Waals surface area (Å²) in [6.45, 7) is 0.